The van der Waals surface area contributed by atoms with Gasteiger partial charge in [-0.1, -0.05) is 6.07 Å². The van der Waals surface area contributed by atoms with E-state index in [4.69, 9.17) is 14.5 Å². The maximum absolute atomic E-state index is 5.46. The number of fused-ring (bicyclic) bond motifs is 3. The zero-order valence-electron chi connectivity index (χ0n) is 16.5. The highest BCUT2D eigenvalue weighted by Gasteiger charge is 2.17. The van der Waals surface area contributed by atoms with Crippen molar-refractivity contribution in [3.8, 4) is 17.1 Å². The number of hydrogen-bond acceptors (Lipinski definition) is 7. The number of nitrogens with zero attached hydrogens (tertiary/aromatic N) is 6. The van der Waals surface area contributed by atoms with E-state index in [1.165, 1.54) is 5.56 Å². The molecule has 8 nitrogen and oxygen atoms in total. The van der Waals surface area contributed by atoms with Gasteiger partial charge in [0.05, 0.1) is 43.2 Å². The van der Waals surface area contributed by atoms with Crippen molar-refractivity contribution >= 4 is 16.7 Å². The quantitative estimate of drug-likeness (QED) is 0.530. The van der Waals surface area contributed by atoms with Crippen molar-refractivity contribution in [1.82, 2.24) is 29.5 Å². The van der Waals surface area contributed by atoms with Gasteiger partial charge in [-0.3, -0.25) is 14.3 Å². The van der Waals surface area contributed by atoms with Crippen LogP contribution in [0.5, 0.6) is 5.75 Å². The lowest BCUT2D eigenvalue weighted by atomic mass is 10.1. The molecular formula is C21H22N6O2. The molecule has 8 heteroatoms. The topological polar surface area (TPSA) is 77.7 Å². The highest BCUT2D eigenvalue weighted by atomic mass is 16.5. The van der Waals surface area contributed by atoms with E-state index in [9.17, 15) is 0 Å². The minimum atomic E-state index is 0.683. The summed E-state index contributed by atoms with van der Waals surface area (Å²) in [5.74, 6) is 1.41. The molecule has 1 aromatic carbocycles. The Hall–Kier alpha value is -3.10. The smallest absolute Gasteiger partial charge is 0.183 e. The lowest BCUT2D eigenvalue weighted by molar-refractivity contribution is 0.0342. The number of morpholine rings is 1. The summed E-state index contributed by atoms with van der Waals surface area (Å²) < 4.78 is 12.9. The third-order valence-electron chi connectivity index (χ3n) is 5.27. The molecule has 0 unspecified atom stereocenters. The van der Waals surface area contributed by atoms with Crippen molar-refractivity contribution in [3.05, 3.63) is 47.9 Å². The second kappa shape index (κ2) is 7.38. The monoisotopic (exact) mass is 390 g/mol. The molecule has 29 heavy (non-hydrogen) atoms. The van der Waals surface area contributed by atoms with Crippen molar-refractivity contribution in [3.63, 3.8) is 0 Å². The Kier molecular flexibility index (Phi) is 4.57. The predicted octanol–water partition coefficient (Wildman–Crippen LogP) is 2.49. The van der Waals surface area contributed by atoms with Crippen LogP contribution in [0.1, 0.15) is 11.3 Å². The normalized spacial score (nSPS) is 15.2. The van der Waals surface area contributed by atoms with E-state index in [-0.39, 0.29) is 0 Å². The van der Waals surface area contributed by atoms with Crippen LogP contribution in [-0.4, -0.2) is 62.9 Å². The van der Waals surface area contributed by atoms with Gasteiger partial charge in [0.2, 0.25) is 0 Å². The van der Waals surface area contributed by atoms with Gasteiger partial charge in [0.25, 0.3) is 0 Å². The number of pyridine rings is 1. The number of ether oxygens (including phenoxy) is 2. The number of aryl methyl sites for hydroxylation is 1. The van der Waals surface area contributed by atoms with Gasteiger partial charge in [-0.05, 0) is 30.7 Å². The van der Waals surface area contributed by atoms with Gasteiger partial charge in [0.15, 0.2) is 11.5 Å². The summed E-state index contributed by atoms with van der Waals surface area (Å²) in [6.07, 6.45) is 3.45. The zero-order chi connectivity index (χ0) is 19.8. The highest BCUT2D eigenvalue weighted by molar-refractivity contribution is 5.81. The summed E-state index contributed by atoms with van der Waals surface area (Å²) >= 11 is 0. The van der Waals surface area contributed by atoms with E-state index in [0.29, 0.717) is 5.75 Å². The molecule has 1 saturated heterocycles. The molecule has 1 fully saturated rings. The first-order chi connectivity index (χ1) is 14.2. The summed E-state index contributed by atoms with van der Waals surface area (Å²) in [5, 5.41) is 8.85. The molecule has 0 atom stereocenters. The summed E-state index contributed by atoms with van der Waals surface area (Å²) in [6.45, 7) is 6.32. The van der Waals surface area contributed by atoms with Crippen LogP contribution in [0.25, 0.3) is 28.1 Å². The minimum absolute atomic E-state index is 0.683. The van der Waals surface area contributed by atoms with Crippen molar-refractivity contribution in [1.29, 1.82) is 0 Å². The Balaban J connectivity index is 1.66. The maximum Gasteiger partial charge on any atom is 0.183 e. The van der Waals surface area contributed by atoms with Crippen LogP contribution in [-0.2, 0) is 11.3 Å². The third-order valence-corrected chi connectivity index (χ3v) is 5.27. The average molecular weight is 390 g/mol. The van der Waals surface area contributed by atoms with E-state index >= 15 is 0 Å². The van der Waals surface area contributed by atoms with Crippen molar-refractivity contribution in [2.24, 2.45) is 0 Å². The molecule has 0 aliphatic carbocycles. The van der Waals surface area contributed by atoms with E-state index in [2.05, 4.69) is 42.7 Å². The van der Waals surface area contributed by atoms with Crippen LogP contribution in [0.15, 0.2) is 36.7 Å². The molecule has 148 valence electrons. The third kappa shape index (κ3) is 3.30. The fourth-order valence-corrected chi connectivity index (χ4v) is 3.78. The Morgan fingerprint density at radius 2 is 1.97 bits per heavy atom. The van der Waals surface area contributed by atoms with Gasteiger partial charge in [0.1, 0.15) is 5.75 Å². The largest absolute Gasteiger partial charge is 0.495 e. The Morgan fingerprint density at radius 3 is 2.79 bits per heavy atom. The minimum Gasteiger partial charge on any atom is -0.495 e. The summed E-state index contributed by atoms with van der Waals surface area (Å²) in [5.41, 5.74) is 5.57. The molecule has 0 N–H and O–H groups in total. The zero-order valence-corrected chi connectivity index (χ0v) is 16.5. The molecule has 0 radical (unpaired) electrons. The average Bonchev–Trinajstić information content (AvgIpc) is 3.21. The number of benzene rings is 1. The van der Waals surface area contributed by atoms with E-state index in [1.807, 2.05) is 13.0 Å². The first kappa shape index (κ1) is 18.0. The second-order valence-corrected chi connectivity index (χ2v) is 7.20. The first-order valence-corrected chi connectivity index (χ1v) is 9.67. The first-order valence-electron chi connectivity index (χ1n) is 9.67. The van der Waals surface area contributed by atoms with Crippen molar-refractivity contribution in [2.75, 3.05) is 33.4 Å². The standard InChI is InChI=1S/C21H22N6O2/c1-14-20-24-25-21(16-10-17(28-2)12-22-11-16)27(20)19-9-15(3-4-18(19)23-14)13-26-5-7-29-8-6-26/h3-4,9-12H,5-8,13H2,1-2H3. The molecule has 3 aromatic heterocycles. The van der Waals surface area contributed by atoms with Gasteiger partial charge < -0.3 is 9.47 Å². The fraction of sp³-hybridized carbons (Fsp3) is 0.333. The SMILES string of the molecule is COc1cncc(-c2nnc3c(C)nc4ccc(CN5CCOCC5)cc4n23)c1. The van der Waals surface area contributed by atoms with Crippen LogP contribution in [0.4, 0.5) is 0 Å². The van der Waals surface area contributed by atoms with Crippen molar-refractivity contribution in [2.45, 2.75) is 13.5 Å². The van der Waals surface area contributed by atoms with E-state index in [1.54, 1.807) is 19.5 Å². The van der Waals surface area contributed by atoms with Gasteiger partial charge in [-0.25, -0.2) is 4.98 Å². The van der Waals surface area contributed by atoms with Gasteiger partial charge in [0, 0.05) is 31.4 Å². The molecule has 1 aliphatic rings. The summed E-state index contributed by atoms with van der Waals surface area (Å²) in [6, 6.07) is 8.33. The maximum atomic E-state index is 5.46. The van der Waals surface area contributed by atoms with Crippen LogP contribution < -0.4 is 4.74 Å². The molecule has 0 spiro atoms. The van der Waals surface area contributed by atoms with Crippen LogP contribution in [0, 0.1) is 6.92 Å². The van der Waals surface area contributed by atoms with Gasteiger partial charge >= 0.3 is 0 Å². The van der Waals surface area contributed by atoms with Gasteiger partial charge in [-0.2, -0.15) is 0 Å². The van der Waals surface area contributed by atoms with Gasteiger partial charge in [-0.15, -0.1) is 10.2 Å². The lowest BCUT2D eigenvalue weighted by Crippen LogP contribution is -2.35. The van der Waals surface area contributed by atoms with E-state index < -0.39 is 0 Å². The molecule has 5 rings (SSSR count). The predicted molar refractivity (Wildman–Crippen MR) is 109 cm³/mol. The fourth-order valence-electron chi connectivity index (χ4n) is 3.78. The van der Waals surface area contributed by atoms with Crippen LogP contribution in [0.3, 0.4) is 0 Å². The molecule has 4 aromatic rings. The summed E-state index contributed by atoms with van der Waals surface area (Å²) in [4.78, 5) is 11.4. The van der Waals surface area contributed by atoms with Crippen LogP contribution in [0.2, 0.25) is 0 Å². The van der Waals surface area contributed by atoms with E-state index in [0.717, 1.165) is 66.6 Å². The number of rotatable bonds is 4. The number of hydrogen-bond donors (Lipinski definition) is 0. The second-order valence-electron chi connectivity index (χ2n) is 7.20. The lowest BCUT2D eigenvalue weighted by Gasteiger charge is -2.26. The Bertz CT molecular complexity index is 1180. The highest BCUT2D eigenvalue weighted by Crippen LogP contribution is 2.27. The number of methoxy groups -OCH3 is 1. The molecule has 1 aliphatic heterocycles. The molecule has 4 heterocycles. The Labute approximate surface area is 168 Å². The molecule has 0 amide bonds. The Morgan fingerprint density at radius 1 is 1.10 bits per heavy atom. The molecular weight excluding hydrogens is 368 g/mol. The summed E-state index contributed by atoms with van der Waals surface area (Å²) in [7, 11) is 1.63. The number of aromatic nitrogens is 5. The van der Waals surface area contributed by atoms with Crippen LogP contribution >= 0.6 is 0 Å². The molecule has 0 saturated carbocycles. The van der Waals surface area contributed by atoms with Crippen molar-refractivity contribution < 1.29 is 9.47 Å². The molecule has 0 bridgehead atoms.